The zero-order valence-corrected chi connectivity index (χ0v) is 14.5. The number of nitrogens with zero attached hydrogens (tertiary/aromatic N) is 2. The van der Waals surface area contributed by atoms with E-state index in [4.69, 9.17) is 4.74 Å². The molecule has 4 rings (SSSR count). The van der Waals surface area contributed by atoms with E-state index in [1.165, 1.54) is 64.1 Å². The molecule has 1 saturated carbocycles. The zero-order valence-electron chi connectivity index (χ0n) is 14.5. The minimum atomic E-state index is 0.467. The fourth-order valence-electron chi connectivity index (χ4n) is 4.25. The van der Waals surface area contributed by atoms with Crippen molar-refractivity contribution in [2.24, 2.45) is 5.92 Å². The Morgan fingerprint density at radius 1 is 1.04 bits per heavy atom. The molecule has 0 bridgehead atoms. The summed E-state index contributed by atoms with van der Waals surface area (Å²) in [7, 11) is 0. The third-order valence-corrected chi connectivity index (χ3v) is 6.05. The third kappa shape index (κ3) is 3.62. The third-order valence-electron chi connectivity index (χ3n) is 6.05. The van der Waals surface area contributed by atoms with Crippen molar-refractivity contribution < 1.29 is 4.74 Å². The first kappa shape index (κ1) is 15.6. The van der Waals surface area contributed by atoms with Crippen LogP contribution in [0.4, 0.5) is 0 Å². The number of ether oxygens (including phenoxy) is 1. The highest BCUT2D eigenvalue weighted by Gasteiger charge is 2.45. The first-order valence-corrected chi connectivity index (χ1v) is 9.33. The monoisotopic (exact) mass is 314 g/mol. The Labute approximate surface area is 140 Å². The Kier molecular flexibility index (Phi) is 4.44. The van der Waals surface area contributed by atoms with Gasteiger partial charge in [0.25, 0.3) is 0 Å². The van der Waals surface area contributed by atoms with E-state index in [1.807, 2.05) is 0 Å². The lowest BCUT2D eigenvalue weighted by atomic mass is 9.94. The van der Waals surface area contributed by atoms with Crippen LogP contribution in [-0.4, -0.2) is 62.3 Å². The number of piperazine rings is 1. The van der Waals surface area contributed by atoms with Crippen molar-refractivity contribution in [3.05, 3.63) is 35.4 Å². The molecule has 126 valence electrons. The minimum absolute atomic E-state index is 0.467. The van der Waals surface area contributed by atoms with Crippen molar-refractivity contribution in [3.63, 3.8) is 0 Å². The Morgan fingerprint density at radius 3 is 2.35 bits per heavy atom. The highest BCUT2D eigenvalue weighted by molar-refractivity contribution is 5.34. The molecule has 0 N–H and O–H groups in total. The summed E-state index contributed by atoms with van der Waals surface area (Å²) in [6.45, 7) is 11.6. The number of hydrogen-bond donors (Lipinski definition) is 0. The van der Waals surface area contributed by atoms with Crippen molar-refractivity contribution in [2.45, 2.75) is 31.6 Å². The molecule has 1 aromatic carbocycles. The number of rotatable bonds is 5. The van der Waals surface area contributed by atoms with Crippen LogP contribution in [0.5, 0.6) is 0 Å². The Hall–Kier alpha value is -0.900. The summed E-state index contributed by atoms with van der Waals surface area (Å²) >= 11 is 0. The summed E-state index contributed by atoms with van der Waals surface area (Å²) in [6, 6.07) is 9.27. The van der Waals surface area contributed by atoms with E-state index in [1.54, 1.807) is 5.56 Å². The average Bonchev–Trinajstić information content (AvgIpc) is 3.16. The van der Waals surface area contributed by atoms with Crippen LogP contribution in [0.3, 0.4) is 0 Å². The summed E-state index contributed by atoms with van der Waals surface area (Å²) < 4.78 is 5.51. The van der Waals surface area contributed by atoms with Crippen molar-refractivity contribution >= 4 is 0 Å². The second kappa shape index (κ2) is 6.54. The van der Waals surface area contributed by atoms with E-state index in [9.17, 15) is 0 Å². The number of benzene rings is 1. The van der Waals surface area contributed by atoms with Crippen LogP contribution < -0.4 is 0 Å². The van der Waals surface area contributed by atoms with Crippen LogP contribution in [0.25, 0.3) is 0 Å². The smallest absolute Gasteiger partial charge is 0.0507 e. The lowest BCUT2D eigenvalue weighted by Gasteiger charge is -2.37. The Morgan fingerprint density at radius 2 is 1.74 bits per heavy atom. The summed E-state index contributed by atoms with van der Waals surface area (Å²) in [5.41, 5.74) is 3.40. The summed E-state index contributed by atoms with van der Waals surface area (Å²) in [6.07, 6.45) is 4.00. The average molecular weight is 314 g/mol. The fourth-order valence-corrected chi connectivity index (χ4v) is 4.25. The predicted octanol–water partition coefficient (Wildman–Crippen LogP) is 2.68. The van der Waals surface area contributed by atoms with Gasteiger partial charge in [0.05, 0.1) is 6.61 Å². The molecule has 2 saturated heterocycles. The molecule has 3 fully saturated rings. The van der Waals surface area contributed by atoms with Gasteiger partial charge in [-0.2, -0.15) is 0 Å². The van der Waals surface area contributed by atoms with Gasteiger partial charge in [-0.25, -0.2) is 0 Å². The van der Waals surface area contributed by atoms with Crippen molar-refractivity contribution in [3.8, 4) is 0 Å². The van der Waals surface area contributed by atoms with Crippen LogP contribution in [0.1, 0.15) is 30.4 Å². The van der Waals surface area contributed by atoms with Gasteiger partial charge in [-0.05, 0) is 37.7 Å². The molecule has 1 aliphatic carbocycles. The first-order chi connectivity index (χ1) is 11.2. The van der Waals surface area contributed by atoms with E-state index in [0.717, 1.165) is 19.1 Å². The molecule has 2 heterocycles. The van der Waals surface area contributed by atoms with Gasteiger partial charge in [0, 0.05) is 51.3 Å². The summed E-state index contributed by atoms with van der Waals surface area (Å²) in [5, 5.41) is 0. The normalized spacial score (nSPS) is 28.1. The number of hydrogen-bond acceptors (Lipinski definition) is 3. The first-order valence-electron chi connectivity index (χ1n) is 9.33. The SMILES string of the molecule is Cc1ccc(C2(CN3CCN(C[C@@H]4CCOC4)CC3)CC2)cc1. The van der Waals surface area contributed by atoms with E-state index in [-0.39, 0.29) is 0 Å². The van der Waals surface area contributed by atoms with Crippen molar-refractivity contribution in [1.82, 2.24) is 9.80 Å². The molecule has 3 nitrogen and oxygen atoms in total. The molecule has 0 spiro atoms. The van der Waals surface area contributed by atoms with Crippen LogP contribution in [0.2, 0.25) is 0 Å². The van der Waals surface area contributed by atoms with Crippen LogP contribution >= 0.6 is 0 Å². The van der Waals surface area contributed by atoms with Gasteiger partial charge in [-0.15, -0.1) is 0 Å². The molecular weight excluding hydrogens is 284 g/mol. The predicted molar refractivity (Wildman–Crippen MR) is 93.9 cm³/mol. The maximum atomic E-state index is 5.51. The van der Waals surface area contributed by atoms with Crippen molar-refractivity contribution in [2.75, 3.05) is 52.5 Å². The minimum Gasteiger partial charge on any atom is -0.381 e. The molecule has 0 radical (unpaired) electrons. The fraction of sp³-hybridized carbons (Fsp3) is 0.700. The van der Waals surface area contributed by atoms with E-state index < -0.39 is 0 Å². The molecule has 1 aromatic rings. The second-order valence-corrected chi connectivity index (χ2v) is 7.95. The standard InChI is InChI=1S/C20H30N2O/c1-17-2-4-19(5-3-17)20(7-8-20)16-22-11-9-21(10-12-22)14-18-6-13-23-15-18/h2-5,18H,6-16H2,1H3/t18-/m0/s1. The number of aryl methyl sites for hydroxylation is 1. The summed E-state index contributed by atoms with van der Waals surface area (Å²) in [5.74, 6) is 0.781. The quantitative estimate of drug-likeness (QED) is 0.831. The van der Waals surface area contributed by atoms with Gasteiger partial charge < -0.3 is 9.64 Å². The molecular formula is C20H30N2O. The maximum Gasteiger partial charge on any atom is 0.0507 e. The lowest BCUT2D eigenvalue weighted by Crippen LogP contribution is -2.49. The molecule has 3 heteroatoms. The van der Waals surface area contributed by atoms with Crippen LogP contribution in [-0.2, 0) is 10.2 Å². The Balaban J connectivity index is 1.28. The van der Waals surface area contributed by atoms with Crippen molar-refractivity contribution in [1.29, 1.82) is 0 Å². The largest absolute Gasteiger partial charge is 0.381 e. The highest BCUT2D eigenvalue weighted by Crippen LogP contribution is 2.48. The zero-order chi connectivity index (χ0) is 15.7. The van der Waals surface area contributed by atoms with Gasteiger partial charge in [0.15, 0.2) is 0 Å². The molecule has 23 heavy (non-hydrogen) atoms. The van der Waals surface area contributed by atoms with Crippen LogP contribution in [0, 0.1) is 12.8 Å². The molecule has 0 aromatic heterocycles. The molecule has 2 aliphatic heterocycles. The molecule has 0 amide bonds. The Bertz CT molecular complexity index is 509. The van der Waals surface area contributed by atoms with E-state index >= 15 is 0 Å². The molecule has 3 aliphatic rings. The van der Waals surface area contributed by atoms with Gasteiger partial charge in [0.2, 0.25) is 0 Å². The van der Waals surface area contributed by atoms with E-state index in [2.05, 4.69) is 41.0 Å². The second-order valence-electron chi connectivity index (χ2n) is 7.95. The van der Waals surface area contributed by atoms with E-state index in [0.29, 0.717) is 5.41 Å². The topological polar surface area (TPSA) is 15.7 Å². The summed E-state index contributed by atoms with van der Waals surface area (Å²) in [4.78, 5) is 5.36. The molecule has 1 atom stereocenters. The van der Waals surface area contributed by atoms with Gasteiger partial charge in [-0.1, -0.05) is 29.8 Å². The van der Waals surface area contributed by atoms with Gasteiger partial charge in [0.1, 0.15) is 0 Å². The lowest BCUT2D eigenvalue weighted by molar-refractivity contribution is 0.105. The van der Waals surface area contributed by atoms with Crippen LogP contribution in [0.15, 0.2) is 24.3 Å². The highest BCUT2D eigenvalue weighted by atomic mass is 16.5. The maximum absolute atomic E-state index is 5.51. The van der Waals surface area contributed by atoms with Gasteiger partial charge in [-0.3, -0.25) is 4.90 Å². The molecule has 0 unspecified atom stereocenters. The van der Waals surface area contributed by atoms with Gasteiger partial charge >= 0.3 is 0 Å².